The van der Waals surface area contributed by atoms with E-state index in [0.29, 0.717) is 13.0 Å². The van der Waals surface area contributed by atoms with E-state index in [2.05, 4.69) is 5.32 Å². The molecule has 0 spiro atoms. The van der Waals surface area contributed by atoms with Gasteiger partial charge in [0, 0.05) is 12.5 Å². The Kier molecular flexibility index (Phi) is 5.53. The Morgan fingerprint density at radius 3 is 2.57 bits per heavy atom. The number of rotatable bonds is 6. The van der Waals surface area contributed by atoms with E-state index < -0.39 is 6.10 Å². The zero-order valence-electron chi connectivity index (χ0n) is 12.4. The van der Waals surface area contributed by atoms with Crippen molar-refractivity contribution in [2.24, 2.45) is 0 Å². The van der Waals surface area contributed by atoms with Gasteiger partial charge in [0.25, 0.3) is 5.91 Å². The summed E-state index contributed by atoms with van der Waals surface area (Å²) in [6, 6.07) is 12.0. The molecule has 0 aliphatic carbocycles. The molecule has 0 fully saturated rings. The molecule has 1 aromatic heterocycles. The van der Waals surface area contributed by atoms with E-state index in [4.69, 9.17) is 0 Å². The molecule has 21 heavy (non-hydrogen) atoms. The first kappa shape index (κ1) is 15.7. The molecule has 0 radical (unpaired) electrons. The molecule has 4 heteroatoms. The minimum Gasteiger partial charge on any atom is -0.393 e. The number of aliphatic hydroxyl groups excluding tert-OH is 1. The Balaban J connectivity index is 2.03. The number of hydrogen-bond donors (Lipinski definition) is 2. The molecule has 2 atom stereocenters. The van der Waals surface area contributed by atoms with Crippen molar-refractivity contribution in [1.29, 1.82) is 0 Å². The zero-order valence-corrected chi connectivity index (χ0v) is 13.2. The fourth-order valence-corrected chi connectivity index (χ4v) is 3.22. The summed E-state index contributed by atoms with van der Waals surface area (Å²) in [7, 11) is 0. The molecule has 1 aromatic carbocycles. The molecule has 0 aliphatic heterocycles. The minimum absolute atomic E-state index is 0.0333. The number of carbonyl (C=O) groups excluding carboxylic acids is 1. The average Bonchev–Trinajstić information content (AvgIpc) is 2.90. The topological polar surface area (TPSA) is 49.3 Å². The smallest absolute Gasteiger partial charge is 0.261 e. The molecular formula is C17H21NO2S. The van der Waals surface area contributed by atoms with Crippen molar-refractivity contribution in [2.45, 2.75) is 32.3 Å². The highest BCUT2D eigenvalue weighted by Crippen LogP contribution is 2.21. The largest absolute Gasteiger partial charge is 0.393 e. The second-order valence-corrected chi connectivity index (χ2v) is 6.25. The molecule has 0 bridgehead atoms. The number of hydrogen-bond acceptors (Lipinski definition) is 3. The summed E-state index contributed by atoms with van der Waals surface area (Å²) in [5.41, 5.74) is 2.14. The van der Waals surface area contributed by atoms with Crippen LogP contribution >= 0.6 is 11.3 Å². The SMILES string of the molecule is Cc1ccsc1C(=O)NCC(CC(C)O)c1ccccc1. The van der Waals surface area contributed by atoms with Crippen LogP contribution in [0.3, 0.4) is 0 Å². The summed E-state index contributed by atoms with van der Waals surface area (Å²) in [5, 5.41) is 14.6. The van der Waals surface area contributed by atoms with Crippen LogP contribution in [0.25, 0.3) is 0 Å². The lowest BCUT2D eigenvalue weighted by atomic mass is 9.93. The highest BCUT2D eigenvalue weighted by atomic mass is 32.1. The van der Waals surface area contributed by atoms with E-state index in [0.717, 1.165) is 16.0 Å². The van der Waals surface area contributed by atoms with Gasteiger partial charge in [-0.15, -0.1) is 11.3 Å². The third-order valence-corrected chi connectivity index (χ3v) is 4.49. The van der Waals surface area contributed by atoms with Crippen LogP contribution in [0.2, 0.25) is 0 Å². The molecular weight excluding hydrogens is 282 g/mol. The summed E-state index contributed by atoms with van der Waals surface area (Å²) in [6.07, 6.45) is 0.240. The van der Waals surface area contributed by atoms with Gasteiger partial charge < -0.3 is 10.4 Å². The first-order chi connectivity index (χ1) is 10.1. The number of nitrogens with one attached hydrogen (secondary N) is 1. The molecule has 2 aromatic rings. The highest BCUT2D eigenvalue weighted by molar-refractivity contribution is 7.12. The Morgan fingerprint density at radius 2 is 2.00 bits per heavy atom. The fourth-order valence-electron chi connectivity index (χ4n) is 2.38. The van der Waals surface area contributed by atoms with Crippen molar-refractivity contribution >= 4 is 17.2 Å². The normalized spacial score (nSPS) is 13.7. The number of thiophene rings is 1. The number of amides is 1. The van der Waals surface area contributed by atoms with Gasteiger partial charge in [-0.05, 0) is 42.8 Å². The average molecular weight is 303 g/mol. The molecule has 1 amide bonds. The summed E-state index contributed by atoms with van der Waals surface area (Å²) in [5.74, 6) is 0.0874. The van der Waals surface area contributed by atoms with Crippen molar-refractivity contribution in [3.63, 3.8) is 0 Å². The second-order valence-electron chi connectivity index (χ2n) is 5.34. The van der Waals surface area contributed by atoms with Crippen molar-refractivity contribution in [3.05, 3.63) is 57.8 Å². The summed E-state index contributed by atoms with van der Waals surface area (Å²) < 4.78 is 0. The van der Waals surface area contributed by atoms with Crippen LogP contribution in [0.4, 0.5) is 0 Å². The maximum Gasteiger partial charge on any atom is 0.261 e. The van der Waals surface area contributed by atoms with Gasteiger partial charge in [0.2, 0.25) is 0 Å². The maximum atomic E-state index is 12.2. The molecule has 1 heterocycles. The van der Waals surface area contributed by atoms with E-state index in [1.54, 1.807) is 6.92 Å². The Labute approximate surface area is 129 Å². The van der Waals surface area contributed by atoms with Gasteiger partial charge in [-0.25, -0.2) is 0 Å². The molecule has 3 nitrogen and oxygen atoms in total. The van der Waals surface area contributed by atoms with Crippen LogP contribution in [0.1, 0.15) is 40.1 Å². The standard InChI is InChI=1S/C17H21NO2S/c1-12-8-9-21-16(12)17(20)18-11-15(10-13(2)19)14-6-4-3-5-7-14/h3-9,13,15,19H,10-11H2,1-2H3,(H,18,20). The van der Waals surface area contributed by atoms with Gasteiger partial charge in [0.05, 0.1) is 11.0 Å². The van der Waals surface area contributed by atoms with Crippen molar-refractivity contribution in [2.75, 3.05) is 6.54 Å². The second kappa shape index (κ2) is 7.38. The Bertz CT molecular complexity index is 577. The molecule has 2 unspecified atom stereocenters. The van der Waals surface area contributed by atoms with Crippen molar-refractivity contribution < 1.29 is 9.90 Å². The van der Waals surface area contributed by atoms with Crippen molar-refractivity contribution in [3.8, 4) is 0 Å². The molecule has 0 aliphatic rings. The predicted octanol–water partition coefficient (Wildman–Crippen LogP) is 3.34. The molecule has 2 N–H and O–H groups in total. The Hall–Kier alpha value is -1.65. The summed E-state index contributed by atoms with van der Waals surface area (Å²) >= 11 is 1.46. The lowest BCUT2D eigenvalue weighted by Crippen LogP contribution is -2.29. The number of benzene rings is 1. The highest BCUT2D eigenvalue weighted by Gasteiger charge is 2.17. The van der Waals surface area contributed by atoms with Crippen LogP contribution in [-0.2, 0) is 0 Å². The van der Waals surface area contributed by atoms with E-state index >= 15 is 0 Å². The third kappa shape index (κ3) is 4.41. The lowest BCUT2D eigenvalue weighted by Gasteiger charge is -2.19. The first-order valence-corrected chi connectivity index (χ1v) is 8.01. The third-order valence-electron chi connectivity index (χ3n) is 3.47. The predicted molar refractivity (Wildman–Crippen MR) is 86.9 cm³/mol. The van der Waals surface area contributed by atoms with Crippen LogP contribution in [0, 0.1) is 6.92 Å². The van der Waals surface area contributed by atoms with Gasteiger partial charge in [-0.1, -0.05) is 30.3 Å². The molecule has 112 valence electrons. The molecule has 0 saturated carbocycles. The van der Waals surface area contributed by atoms with E-state index in [9.17, 15) is 9.90 Å². The van der Waals surface area contributed by atoms with E-state index in [1.807, 2.05) is 48.7 Å². The van der Waals surface area contributed by atoms with E-state index in [1.165, 1.54) is 11.3 Å². The van der Waals surface area contributed by atoms with Crippen LogP contribution in [-0.4, -0.2) is 23.7 Å². The molecule has 2 rings (SSSR count). The number of carbonyl (C=O) groups is 1. The van der Waals surface area contributed by atoms with Gasteiger partial charge in [-0.2, -0.15) is 0 Å². The molecule has 0 saturated heterocycles. The first-order valence-electron chi connectivity index (χ1n) is 7.13. The van der Waals surface area contributed by atoms with E-state index in [-0.39, 0.29) is 11.8 Å². The maximum absolute atomic E-state index is 12.2. The van der Waals surface area contributed by atoms with Crippen LogP contribution < -0.4 is 5.32 Å². The zero-order chi connectivity index (χ0) is 15.2. The van der Waals surface area contributed by atoms with Gasteiger partial charge in [0.1, 0.15) is 0 Å². The summed E-state index contributed by atoms with van der Waals surface area (Å²) in [6.45, 7) is 4.25. The fraction of sp³-hybridized carbons (Fsp3) is 0.353. The number of aliphatic hydroxyl groups is 1. The van der Waals surface area contributed by atoms with Gasteiger partial charge in [-0.3, -0.25) is 4.79 Å². The number of aryl methyl sites for hydroxylation is 1. The monoisotopic (exact) mass is 303 g/mol. The van der Waals surface area contributed by atoms with Crippen molar-refractivity contribution in [1.82, 2.24) is 5.32 Å². The quantitative estimate of drug-likeness (QED) is 0.860. The van der Waals surface area contributed by atoms with Gasteiger partial charge in [0.15, 0.2) is 0 Å². The Morgan fingerprint density at radius 1 is 1.29 bits per heavy atom. The lowest BCUT2D eigenvalue weighted by molar-refractivity contribution is 0.0949. The van der Waals surface area contributed by atoms with Crippen LogP contribution in [0.15, 0.2) is 41.8 Å². The minimum atomic E-state index is -0.393. The summed E-state index contributed by atoms with van der Waals surface area (Å²) in [4.78, 5) is 12.9. The van der Waals surface area contributed by atoms with Crippen LogP contribution in [0.5, 0.6) is 0 Å². The van der Waals surface area contributed by atoms with Gasteiger partial charge >= 0.3 is 0 Å².